The second-order valence-corrected chi connectivity index (χ2v) is 6.38. The van der Waals surface area contributed by atoms with Gasteiger partial charge in [0.1, 0.15) is 0 Å². The first-order chi connectivity index (χ1) is 10.2. The van der Waals surface area contributed by atoms with Crippen LogP contribution in [-0.4, -0.2) is 43.5 Å². The van der Waals surface area contributed by atoms with Crippen molar-refractivity contribution in [1.29, 1.82) is 5.41 Å². The van der Waals surface area contributed by atoms with Crippen LogP contribution in [-0.2, 0) is 4.74 Å². The highest BCUT2D eigenvalue weighted by molar-refractivity contribution is 6.31. The SMILES string of the molecule is N=Cc1cc(Cl)c(C2CCN(C3CCOC3)CC2)cc1N. The number of nitrogens with one attached hydrogen (secondary N) is 1. The molecule has 2 heterocycles. The lowest BCUT2D eigenvalue weighted by atomic mass is 9.88. The van der Waals surface area contributed by atoms with Crippen LogP contribution in [0.2, 0.25) is 5.02 Å². The molecule has 1 unspecified atom stereocenters. The number of nitrogen functional groups attached to an aromatic ring is 1. The molecular formula is C16H22ClN3O. The molecule has 2 aliphatic heterocycles. The van der Waals surface area contributed by atoms with E-state index in [1.54, 1.807) is 0 Å². The summed E-state index contributed by atoms with van der Waals surface area (Å²) in [6, 6.07) is 4.38. The van der Waals surface area contributed by atoms with Gasteiger partial charge in [-0.25, -0.2) is 0 Å². The van der Waals surface area contributed by atoms with Crippen molar-refractivity contribution >= 4 is 23.5 Å². The molecule has 0 aromatic heterocycles. The van der Waals surface area contributed by atoms with E-state index >= 15 is 0 Å². The molecule has 1 aromatic rings. The monoisotopic (exact) mass is 307 g/mol. The Labute approximate surface area is 130 Å². The quantitative estimate of drug-likeness (QED) is 0.667. The highest BCUT2D eigenvalue weighted by Crippen LogP contribution is 2.36. The first kappa shape index (κ1) is 14.8. The van der Waals surface area contributed by atoms with Crippen molar-refractivity contribution in [3.63, 3.8) is 0 Å². The van der Waals surface area contributed by atoms with Crippen LogP contribution in [0.3, 0.4) is 0 Å². The zero-order valence-corrected chi connectivity index (χ0v) is 12.9. The number of anilines is 1. The number of hydrogen-bond acceptors (Lipinski definition) is 4. The van der Waals surface area contributed by atoms with E-state index in [-0.39, 0.29) is 0 Å². The van der Waals surface area contributed by atoms with Gasteiger partial charge in [0.15, 0.2) is 0 Å². The van der Waals surface area contributed by atoms with Crippen molar-refractivity contribution in [3.8, 4) is 0 Å². The Kier molecular flexibility index (Phi) is 4.48. The Morgan fingerprint density at radius 2 is 2.05 bits per heavy atom. The standard InChI is InChI=1S/C16H22ClN3O/c17-15-7-12(9-18)16(19)8-14(15)11-1-4-20(5-2-11)13-3-6-21-10-13/h7-9,11,13,18H,1-6,10,19H2. The van der Waals surface area contributed by atoms with Crippen LogP contribution >= 0.6 is 11.6 Å². The van der Waals surface area contributed by atoms with Gasteiger partial charge in [-0.05, 0) is 56.0 Å². The van der Waals surface area contributed by atoms with Gasteiger partial charge in [-0.15, -0.1) is 0 Å². The number of piperidine rings is 1. The van der Waals surface area contributed by atoms with E-state index < -0.39 is 0 Å². The minimum atomic E-state index is 0.471. The molecular weight excluding hydrogens is 286 g/mol. The molecule has 2 aliphatic rings. The maximum atomic E-state index is 7.34. The number of rotatable bonds is 3. The number of likely N-dealkylation sites (tertiary alicyclic amines) is 1. The smallest absolute Gasteiger partial charge is 0.0622 e. The summed E-state index contributed by atoms with van der Waals surface area (Å²) in [5, 5.41) is 8.08. The van der Waals surface area contributed by atoms with Gasteiger partial charge < -0.3 is 15.9 Å². The van der Waals surface area contributed by atoms with Gasteiger partial charge in [0.2, 0.25) is 0 Å². The van der Waals surface area contributed by atoms with Crippen molar-refractivity contribution in [3.05, 3.63) is 28.3 Å². The second-order valence-electron chi connectivity index (χ2n) is 5.97. The average molecular weight is 308 g/mol. The summed E-state index contributed by atoms with van der Waals surface area (Å²) in [5.41, 5.74) is 8.49. The second kappa shape index (κ2) is 6.34. The molecule has 2 fully saturated rings. The lowest BCUT2D eigenvalue weighted by Crippen LogP contribution is -2.41. The Morgan fingerprint density at radius 3 is 2.67 bits per heavy atom. The number of nitrogens with zero attached hydrogens (tertiary/aromatic N) is 1. The van der Waals surface area contributed by atoms with Gasteiger partial charge in [0.25, 0.3) is 0 Å². The lowest BCUT2D eigenvalue weighted by Gasteiger charge is -2.35. The highest BCUT2D eigenvalue weighted by Gasteiger charge is 2.29. The predicted molar refractivity (Wildman–Crippen MR) is 86.5 cm³/mol. The van der Waals surface area contributed by atoms with Crippen molar-refractivity contribution in [2.24, 2.45) is 0 Å². The fourth-order valence-corrected chi connectivity index (χ4v) is 3.77. The molecule has 4 nitrogen and oxygen atoms in total. The van der Waals surface area contributed by atoms with E-state index in [2.05, 4.69) is 4.90 Å². The third-order valence-electron chi connectivity index (χ3n) is 4.75. The summed E-state index contributed by atoms with van der Waals surface area (Å²) < 4.78 is 5.48. The number of benzene rings is 1. The lowest BCUT2D eigenvalue weighted by molar-refractivity contribution is 0.122. The molecule has 0 bridgehead atoms. The zero-order valence-electron chi connectivity index (χ0n) is 12.1. The van der Waals surface area contributed by atoms with Crippen molar-refractivity contribution in [2.75, 3.05) is 32.0 Å². The van der Waals surface area contributed by atoms with Gasteiger partial charge in [-0.1, -0.05) is 11.6 Å². The molecule has 21 heavy (non-hydrogen) atoms. The summed E-state index contributed by atoms with van der Waals surface area (Å²) >= 11 is 6.38. The van der Waals surface area contributed by atoms with Gasteiger partial charge in [0, 0.05) is 35.1 Å². The first-order valence-corrected chi connectivity index (χ1v) is 7.98. The Balaban J connectivity index is 1.69. The maximum Gasteiger partial charge on any atom is 0.0622 e. The van der Waals surface area contributed by atoms with Gasteiger partial charge >= 0.3 is 0 Å². The fourth-order valence-electron chi connectivity index (χ4n) is 3.45. The molecule has 0 aliphatic carbocycles. The average Bonchev–Trinajstić information content (AvgIpc) is 3.04. The van der Waals surface area contributed by atoms with Gasteiger partial charge in [-0.3, -0.25) is 4.90 Å². The number of ether oxygens (including phenoxy) is 1. The molecule has 3 N–H and O–H groups in total. The molecule has 3 rings (SSSR count). The van der Waals surface area contributed by atoms with E-state index in [0.29, 0.717) is 23.2 Å². The number of halogens is 1. The van der Waals surface area contributed by atoms with Crippen LogP contribution in [0.4, 0.5) is 5.69 Å². The summed E-state index contributed by atoms with van der Waals surface area (Å²) in [6.07, 6.45) is 4.64. The van der Waals surface area contributed by atoms with Gasteiger partial charge in [-0.2, -0.15) is 0 Å². The van der Waals surface area contributed by atoms with Crippen molar-refractivity contribution in [1.82, 2.24) is 4.90 Å². The Morgan fingerprint density at radius 1 is 1.29 bits per heavy atom. The third-order valence-corrected chi connectivity index (χ3v) is 5.08. The molecule has 2 saturated heterocycles. The van der Waals surface area contributed by atoms with E-state index in [4.69, 9.17) is 27.5 Å². The Hall–Kier alpha value is -1.10. The largest absolute Gasteiger partial charge is 0.398 e. The molecule has 114 valence electrons. The maximum absolute atomic E-state index is 7.34. The normalized spacial score (nSPS) is 24.3. The summed E-state index contributed by atoms with van der Waals surface area (Å²) in [4.78, 5) is 2.55. The van der Waals surface area contributed by atoms with E-state index in [9.17, 15) is 0 Å². The molecule has 0 saturated carbocycles. The molecule has 0 radical (unpaired) electrons. The van der Waals surface area contributed by atoms with Crippen molar-refractivity contribution in [2.45, 2.75) is 31.2 Å². The van der Waals surface area contributed by atoms with Crippen molar-refractivity contribution < 1.29 is 4.74 Å². The van der Waals surface area contributed by atoms with Crippen LogP contribution in [0.25, 0.3) is 0 Å². The van der Waals surface area contributed by atoms with E-state index in [1.165, 1.54) is 6.21 Å². The number of hydrogen-bond donors (Lipinski definition) is 2. The van der Waals surface area contributed by atoms with Crippen LogP contribution < -0.4 is 5.73 Å². The third kappa shape index (κ3) is 3.07. The summed E-state index contributed by atoms with van der Waals surface area (Å²) in [6.45, 7) is 3.98. The molecule has 5 heteroatoms. The zero-order chi connectivity index (χ0) is 14.8. The topological polar surface area (TPSA) is 62.3 Å². The van der Waals surface area contributed by atoms with E-state index in [0.717, 1.165) is 56.2 Å². The first-order valence-electron chi connectivity index (χ1n) is 7.60. The Bertz CT molecular complexity index is 520. The molecule has 1 aromatic carbocycles. The molecule has 1 atom stereocenters. The molecule has 0 amide bonds. The number of nitrogens with two attached hydrogens (primary N) is 1. The summed E-state index contributed by atoms with van der Waals surface area (Å²) in [5.74, 6) is 0.471. The predicted octanol–water partition coefficient (Wildman–Crippen LogP) is 2.89. The summed E-state index contributed by atoms with van der Waals surface area (Å²) in [7, 11) is 0. The minimum Gasteiger partial charge on any atom is -0.398 e. The van der Waals surface area contributed by atoms with Crippen LogP contribution in [0.1, 0.15) is 36.3 Å². The van der Waals surface area contributed by atoms with Gasteiger partial charge in [0.05, 0.1) is 6.61 Å². The fraction of sp³-hybridized carbons (Fsp3) is 0.562. The van der Waals surface area contributed by atoms with Crippen LogP contribution in [0.15, 0.2) is 12.1 Å². The van der Waals surface area contributed by atoms with Crippen LogP contribution in [0.5, 0.6) is 0 Å². The highest BCUT2D eigenvalue weighted by atomic mass is 35.5. The van der Waals surface area contributed by atoms with Crippen LogP contribution in [0, 0.1) is 5.41 Å². The molecule has 0 spiro atoms. The minimum absolute atomic E-state index is 0.471. The van der Waals surface area contributed by atoms with E-state index in [1.807, 2.05) is 12.1 Å².